The van der Waals surface area contributed by atoms with Gasteiger partial charge in [0.15, 0.2) is 11.0 Å². The molecule has 2 amide bonds. The first-order valence-electron chi connectivity index (χ1n) is 13.4. The molecule has 1 fully saturated rings. The van der Waals surface area contributed by atoms with Crippen molar-refractivity contribution in [2.75, 3.05) is 39.9 Å². The van der Waals surface area contributed by atoms with Gasteiger partial charge in [0, 0.05) is 31.2 Å². The summed E-state index contributed by atoms with van der Waals surface area (Å²) in [6.45, 7) is 0.122. The lowest BCUT2D eigenvalue weighted by atomic mass is 10.1. The van der Waals surface area contributed by atoms with Crippen LogP contribution in [0.25, 0.3) is 0 Å². The lowest BCUT2D eigenvalue weighted by Crippen LogP contribution is -2.60. The highest BCUT2D eigenvalue weighted by Gasteiger charge is 2.41. The molecule has 1 aliphatic heterocycles. The molecule has 2 heterocycles. The van der Waals surface area contributed by atoms with Crippen LogP contribution in [0.5, 0.6) is 0 Å². The average molecular weight is 624 g/mol. The summed E-state index contributed by atoms with van der Waals surface area (Å²) in [6.07, 6.45) is 2.69. The first-order chi connectivity index (χ1) is 20.1. The lowest BCUT2D eigenvalue weighted by Gasteiger charge is -2.39. The summed E-state index contributed by atoms with van der Waals surface area (Å²) in [5.41, 5.74) is 11.3. The topological polar surface area (TPSA) is 200 Å². The molecular formula is C26H37N7O7S2. The molecule has 2 aromatic rings. The number of nitrogens with one attached hydrogen (secondary N) is 1. The predicted molar refractivity (Wildman–Crippen MR) is 157 cm³/mol. The van der Waals surface area contributed by atoms with Gasteiger partial charge in [-0.2, -0.15) is 4.31 Å². The van der Waals surface area contributed by atoms with Crippen LogP contribution in [0, 0.1) is 0 Å². The summed E-state index contributed by atoms with van der Waals surface area (Å²) in [5.74, 6) is -1.74. The molecule has 16 heteroatoms. The molecule has 0 saturated carbocycles. The van der Waals surface area contributed by atoms with Crippen LogP contribution < -0.4 is 16.8 Å². The minimum Gasteiger partial charge on any atom is -0.370 e. The second kappa shape index (κ2) is 16.3. The zero-order valence-electron chi connectivity index (χ0n) is 23.4. The fourth-order valence-electron chi connectivity index (χ4n) is 4.54. The molecule has 0 bridgehead atoms. The Hall–Kier alpha value is -3.44. The van der Waals surface area contributed by atoms with E-state index in [9.17, 15) is 22.8 Å². The molecule has 1 aliphatic rings. The highest BCUT2D eigenvalue weighted by Crippen LogP contribution is 2.23. The van der Waals surface area contributed by atoms with Gasteiger partial charge >= 0.3 is 0 Å². The molecule has 14 nitrogen and oxygen atoms in total. The Kier molecular flexibility index (Phi) is 12.8. The SMILES string of the molecule is COOCCC[C@@H]1C(=O)N(CC(=O)N[C@@H](CCCN=C(N)N)C(=O)c2nccs2)CCN1S(=O)(=O)Cc1ccccc1. The Morgan fingerprint density at radius 3 is 2.64 bits per heavy atom. The minimum atomic E-state index is -3.85. The number of carbonyl (C=O) groups is 3. The third-order valence-electron chi connectivity index (χ3n) is 6.48. The first kappa shape index (κ1) is 33.1. The fraction of sp³-hybridized carbons (Fsp3) is 0.500. The van der Waals surface area contributed by atoms with E-state index in [4.69, 9.17) is 16.4 Å². The van der Waals surface area contributed by atoms with E-state index in [2.05, 4.69) is 20.2 Å². The van der Waals surface area contributed by atoms with Crippen molar-refractivity contribution in [1.82, 2.24) is 19.5 Å². The lowest BCUT2D eigenvalue weighted by molar-refractivity contribution is -0.273. The molecule has 42 heavy (non-hydrogen) atoms. The van der Waals surface area contributed by atoms with E-state index in [1.54, 1.807) is 35.7 Å². The summed E-state index contributed by atoms with van der Waals surface area (Å²) in [5, 5.41) is 4.62. The van der Waals surface area contributed by atoms with Crippen molar-refractivity contribution >= 4 is 44.9 Å². The van der Waals surface area contributed by atoms with Crippen LogP contribution in [0.15, 0.2) is 46.9 Å². The van der Waals surface area contributed by atoms with Gasteiger partial charge in [0.25, 0.3) is 0 Å². The monoisotopic (exact) mass is 623 g/mol. The van der Waals surface area contributed by atoms with Crippen LogP contribution in [-0.2, 0) is 35.1 Å². The summed E-state index contributed by atoms with van der Waals surface area (Å²) in [7, 11) is -2.50. The molecule has 0 radical (unpaired) electrons. The van der Waals surface area contributed by atoms with Gasteiger partial charge in [0.05, 0.1) is 32.1 Å². The molecule has 1 aromatic carbocycles. The van der Waals surface area contributed by atoms with Crippen LogP contribution in [-0.4, -0.2) is 98.1 Å². The second-order valence-corrected chi connectivity index (χ2v) is 12.3. The minimum absolute atomic E-state index is 0.0148. The number of nitrogens with zero attached hydrogens (tertiary/aromatic N) is 4. The number of aromatic nitrogens is 1. The number of aliphatic imine (C=N–C) groups is 1. The van der Waals surface area contributed by atoms with Crippen molar-refractivity contribution in [3.05, 3.63) is 52.5 Å². The Labute approximate surface area is 249 Å². The van der Waals surface area contributed by atoms with Gasteiger partial charge in [-0.15, -0.1) is 11.3 Å². The molecular weight excluding hydrogens is 586 g/mol. The van der Waals surface area contributed by atoms with Crippen LogP contribution in [0.2, 0.25) is 0 Å². The summed E-state index contributed by atoms with van der Waals surface area (Å²) in [6, 6.07) is 6.79. The van der Waals surface area contributed by atoms with Crippen LogP contribution in [0.1, 0.15) is 41.0 Å². The molecule has 0 unspecified atom stereocenters. The van der Waals surface area contributed by atoms with Gasteiger partial charge in [-0.3, -0.25) is 19.4 Å². The normalized spacial score (nSPS) is 16.6. The predicted octanol–water partition coefficient (Wildman–Crippen LogP) is 0.265. The number of hydrogen-bond donors (Lipinski definition) is 3. The smallest absolute Gasteiger partial charge is 0.241 e. The number of carbonyl (C=O) groups excluding carboxylic acids is 3. The Bertz CT molecular complexity index is 1300. The quantitative estimate of drug-likeness (QED) is 0.0548. The van der Waals surface area contributed by atoms with E-state index in [1.807, 2.05) is 0 Å². The van der Waals surface area contributed by atoms with Crippen LogP contribution >= 0.6 is 11.3 Å². The molecule has 0 aliphatic carbocycles. The van der Waals surface area contributed by atoms with Gasteiger partial charge in [-0.1, -0.05) is 30.3 Å². The maximum absolute atomic E-state index is 13.6. The van der Waals surface area contributed by atoms with Crippen molar-refractivity contribution < 1.29 is 32.6 Å². The van der Waals surface area contributed by atoms with Crippen LogP contribution in [0.4, 0.5) is 0 Å². The Morgan fingerprint density at radius 2 is 1.98 bits per heavy atom. The fourth-order valence-corrected chi connectivity index (χ4v) is 6.90. The van der Waals surface area contributed by atoms with E-state index in [0.717, 1.165) is 11.3 Å². The highest BCUT2D eigenvalue weighted by molar-refractivity contribution is 7.88. The molecule has 230 valence electrons. The number of Topliss-reactive ketones (excluding diaryl/α,β-unsaturated/α-hetero) is 1. The van der Waals surface area contributed by atoms with E-state index < -0.39 is 33.9 Å². The number of hydrogen-bond acceptors (Lipinski definition) is 10. The van der Waals surface area contributed by atoms with E-state index in [1.165, 1.54) is 22.5 Å². The third kappa shape index (κ3) is 9.84. The van der Waals surface area contributed by atoms with Crippen molar-refractivity contribution in [2.45, 2.75) is 43.5 Å². The van der Waals surface area contributed by atoms with Crippen molar-refractivity contribution in [3.8, 4) is 0 Å². The van der Waals surface area contributed by atoms with E-state index in [-0.39, 0.29) is 68.1 Å². The molecule has 2 atom stereocenters. The molecule has 1 aromatic heterocycles. The number of sulfonamides is 1. The van der Waals surface area contributed by atoms with Gasteiger partial charge in [0.1, 0.15) is 6.04 Å². The zero-order valence-corrected chi connectivity index (χ0v) is 25.0. The second-order valence-electron chi connectivity index (χ2n) is 9.53. The third-order valence-corrected chi connectivity index (χ3v) is 9.12. The number of rotatable bonds is 17. The van der Waals surface area contributed by atoms with Gasteiger partial charge in [-0.25, -0.2) is 23.2 Å². The molecule has 3 rings (SSSR count). The first-order valence-corrected chi connectivity index (χ1v) is 15.9. The maximum atomic E-state index is 13.6. The largest absolute Gasteiger partial charge is 0.370 e. The number of guanidine groups is 1. The summed E-state index contributed by atoms with van der Waals surface area (Å²) < 4.78 is 28.0. The van der Waals surface area contributed by atoms with Gasteiger partial charge in [0.2, 0.25) is 27.6 Å². The number of benzene rings is 1. The Balaban J connectivity index is 1.70. The average Bonchev–Trinajstić information content (AvgIpc) is 3.49. The van der Waals surface area contributed by atoms with Crippen LogP contribution in [0.3, 0.4) is 0 Å². The number of thiazole rings is 1. The number of ketones is 1. The number of nitrogens with two attached hydrogens (primary N) is 2. The maximum Gasteiger partial charge on any atom is 0.241 e. The Morgan fingerprint density at radius 1 is 1.21 bits per heavy atom. The van der Waals surface area contributed by atoms with Gasteiger partial charge in [-0.05, 0) is 31.2 Å². The van der Waals surface area contributed by atoms with Crippen molar-refractivity contribution in [1.29, 1.82) is 0 Å². The molecule has 0 spiro atoms. The number of piperazine rings is 1. The number of amides is 2. The highest BCUT2D eigenvalue weighted by atomic mass is 32.2. The summed E-state index contributed by atoms with van der Waals surface area (Å²) >= 11 is 1.16. The molecule has 1 saturated heterocycles. The summed E-state index contributed by atoms with van der Waals surface area (Å²) in [4.78, 5) is 58.5. The van der Waals surface area contributed by atoms with E-state index in [0.29, 0.717) is 18.4 Å². The van der Waals surface area contributed by atoms with Gasteiger partial charge < -0.3 is 21.7 Å². The standard InChI is InChI=1S/C26H37N7O7S2/c1-39-40-15-6-10-21-25(36)32(13-14-33(21)42(37,38)18-19-7-3-2-4-8-19)17-22(34)31-20(9-5-11-30-26(27)28)23(35)24-29-12-16-41-24/h2-4,7-8,12,16,20-21H,5-6,9-11,13-15,17-18H2,1H3,(H,31,34)(H4,27,28,30)/t20-,21+/m0/s1. The molecule has 5 N–H and O–H groups in total. The van der Waals surface area contributed by atoms with E-state index >= 15 is 0 Å². The zero-order chi connectivity index (χ0) is 30.5. The van der Waals surface area contributed by atoms with Crippen molar-refractivity contribution in [2.24, 2.45) is 16.5 Å². The van der Waals surface area contributed by atoms with Crippen molar-refractivity contribution in [3.63, 3.8) is 0 Å².